The minimum Gasteiger partial charge on any atom is -0.366 e. The number of nitro groups is 1. The summed E-state index contributed by atoms with van der Waals surface area (Å²) < 4.78 is 14.4. The van der Waals surface area contributed by atoms with E-state index in [1.807, 2.05) is 23.9 Å². The number of nitro benzene ring substituents is 1. The Kier molecular flexibility index (Phi) is 7.46. The van der Waals surface area contributed by atoms with Crippen molar-refractivity contribution >= 4 is 28.9 Å². The number of nitrogens with one attached hydrogen (secondary N) is 1. The molecular weight excluding hydrogens is 423 g/mol. The van der Waals surface area contributed by atoms with E-state index in [1.54, 1.807) is 30.3 Å². The normalized spacial score (nSPS) is 15.7. The van der Waals surface area contributed by atoms with Gasteiger partial charge in [0.2, 0.25) is 5.91 Å². The summed E-state index contributed by atoms with van der Waals surface area (Å²) in [5.41, 5.74) is 1.01. The van der Waals surface area contributed by atoms with E-state index in [2.05, 4.69) is 5.32 Å². The maximum absolute atomic E-state index is 14.4. The summed E-state index contributed by atoms with van der Waals surface area (Å²) in [7, 11) is 3.62. The number of nitrogens with zero attached hydrogens (tertiary/aromatic N) is 3. The van der Waals surface area contributed by atoms with Crippen LogP contribution in [-0.4, -0.2) is 49.5 Å². The van der Waals surface area contributed by atoms with E-state index in [0.717, 1.165) is 0 Å². The van der Waals surface area contributed by atoms with Gasteiger partial charge in [-0.05, 0) is 45.1 Å². The second-order valence-corrected chi connectivity index (χ2v) is 8.27. The van der Waals surface area contributed by atoms with Crippen LogP contribution in [0.2, 0.25) is 5.02 Å². The van der Waals surface area contributed by atoms with Gasteiger partial charge in [0, 0.05) is 42.2 Å². The van der Waals surface area contributed by atoms with Crippen molar-refractivity contribution in [1.29, 1.82) is 0 Å². The standard InChI is InChI=1S/C22H26ClFN4O3/c1-26(2)20(21-16(23)6-5-7-17(21)24)14-25-22(29)15-10-12-27(13-11-15)18-8-3-4-9-19(18)28(30)31/h3-9,15,20H,10-14H2,1-2H3,(H,25,29). The molecule has 0 bridgehead atoms. The molecule has 0 spiro atoms. The largest absolute Gasteiger partial charge is 0.366 e. The van der Waals surface area contributed by atoms with Crippen molar-refractivity contribution < 1.29 is 14.1 Å². The Bertz CT molecular complexity index is 928. The zero-order valence-corrected chi connectivity index (χ0v) is 18.3. The number of carbonyl (C=O) groups is 1. The van der Waals surface area contributed by atoms with Crippen molar-refractivity contribution in [3.63, 3.8) is 0 Å². The molecule has 0 aromatic heterocycles. The number of hydrogen-bond donors (Lipinski definition) is 1. The molecule has 1 aliphatic rings. The molecule has 3 rings (SSSR count). The van der Waals surface area contributed by atoms with E-state index in [0.29, 0.717) is 42.2 Å². The van der Waals surface area contributed by atoms with Crippen molar-refractivity contribution in [2.24, 2.45) is 5.92 Å². The average molecular weight is 449 g/mol. The van der Waals surface area contributed by atoms with E-state index in [-0.39, 0.29) is 29.0 Å². The van der Waals surface area contributed by atoms with Gasteiger partial charge in [-0.1, -0.05) is 29.8 Å². The van der Waals surface area contributed by atoms with E-state index in [4.69, 9.17) is 11.6 Å². The molecule has 1 N–H and O–H groups in total. The van der Waals surface area contributed by atoms with E-state index in [9.17, 15) is 19.3 Å². The van der Waals surface area contributed by atoms with Crippen LogP contribution >= 0.6 is 11.6 Å². The number of hydrogen-bond acceptors (Lipinski definition) is 5. The molecule has 7 nitrogen and oxygen atoms in total. The molecule has 0 aliphatic carbocycles. The highest BCUT2D eigenvalue weighted by molar-refractivity contribution is 6.31. The maximum Gasteiger partial charge on any atom is 0.292 e. The number of anilines is 1. The second kappa shape index (κ2) is 10.1. The molecule has 1 fully saturated rings. The molecule has 1 saturated heterocycles. The van der Waals surface area contributed by atoms with Gasteiger partial charge >= 0.3 is 0 Å². The molecular formula is C22H26ClFN4O3. The van der Waals surface area contributed by atoms with Crippen LogP contribution in [0, 0.1) is 21.8 Å². The molecule has 1 aliphatic heterocycles. The van der Waals surface area contributed by atoms with Crippen molar-refractivity contribution in [3.8, 4) is 0 Å². The number of rotatable bonds is 7. The minimum atomic E-state index is -0.404. The number of piperidine rings is 1. The fraction of sp³-hybridized carbons (Fsp3) is 0.409. The Morgan fingerprint density at radius 1 is 1.26 bits per heavy atom. The van der Waals surface area contributed by atoms with Gasteiger partial charge in [0.25, 0.3) is 5.69 Å². The molecule has 1 unspecified atom stereocenters. The van der Waals surface area contributed by atoms with Crippen molar-refractivity contribution in [1.82, 2.24) is 10.2 Å². The number of benzene rings is 2. The highest BCUT2D eigenvalue weighted by Gasteiger charge is 2.29. The fourth-order valence-electron chi connectivity index (χ4n) is 3.98. The van der Waals surface area contributed by atoms with Crippen LogP contribution in [-0.2, 0) is 4.79 Å². The maximum atomic E-state index is 14.4. The van der Waals surface area contributed by atoms with Gasteiger partial charge in [0.15, 0.2) is 0 Å². The smallest absolute Gasteiger partial charge is 0.292 e. The molecule has 9 heteroatoms. The number of likely N-dealkylation sites (N-methyl/N-ethyl adjacent to an activating group) is 1. The van der Waals surface area contributed by atoms with Crippen LogP contribution in [0.15, 0.2) is 42.5 Å². The van der Waals surface area contributed by atoms with Gasteiger partial charge in [-0.25, -0.2) is 4.39 Å². The second-order valence-electron chi connectivity index (χ2n) is 7.87. The highest BCUT2D eigenvalue weighted by atomic mass is 35.5. The van der Waals surface area contributed by atoms with Crippen molar-refractivity contribution in [2.75, 3.05) is 38.6 Å². The van der Waals surface area contributed by atoms with Crippen LogP contribution in [0.4, 0.5) is 15.8 Å². The molecule has 0 saturated carbocycles. The topological polar surface area (TPSA) is 78.7 Å². The van der Waals surface area contributed by atoms with Gasteiger partial charge in [0.1, 0.15) is 11.5 Å². The van der Waals surface area contributed by atoms with Crippen molar-refractivity contribution in [3.05, 3.63) is 69.0 Å². The summed E-state index contributed by atoms with van der Waals surface area (Å²) in [4.78, 5) is 27.4. The Labute approximate surface area is 185 Å². The van der Waals surface area contributed by atoms with Crippen molar-refractivity contribution in [2.45, 2.75) is 18.9 Å². The summed E-state index contributed by atoms with van der Waals surface area (Å²) in [5.74, 6) is -0.697. The zero-order valence-electron chi connectivity index (χ0n) is 17.6. The van der Waals surface area contributed by atoms with Crippen LogP contribution in [0.5, 0.6) is 0 Å². The van der Waals surface area contributed by atoms with Gasteiger partial charge in [-0.3, -0.25) is 14.9 Å². The molecule has 0 radical (unpaired) electrons. The van der Waals surface area contributed by atoms with Gasteiger partial charge in [-0.2, -0.15) is 0 Å². The van der Waals surface area contributed by atoms with Gasteiger partial charge in [0.05, 0.1) is 11.0 Å². The van der Waals surface area contributed by atoms with E-state index >= 15 is 0 Å². The molecule has 166 valence electrons. The monoisotopic (exact) mass is 448 g/mol. The number of para-hydroxylation sites is 2. The fourth-order valence-corrected chi connectivity index (χ4v) is 4.27. The van der Waals surface area contributed by atoms with Gasteiger partial charge < -0.3 is 15.1 Å². The lowest BCUT2D eigenvalue weighted by atomic mass is 9.95. The van der Waals surface area contributed by atoms with Crippen LogP contribution in [0.25, 0.3) is 0 Å². The number of amides is 1. The first-order valence-corrected chi connectivity index (χ1v) is 10.5. The molecule has 1 atom stereocenters. The molecule has 2 aromatic rings. The molecule has 2 aromatic carbocycles. The Hall–Kier alpha value is -2.71. The third kappa shape index (κ3) is 5.32. The first-order valence-electron chi connectivity index (χ1n) is 10.2. The first kappa shape index (κ1) is 23.0. The quantitative estimate of drug-likeness (QED) is 0.511. The SMILES string of the molecule is CN(C)C(CNC(=O)C1CCN(c2ccccc2[N+](=O)[O-])CC1)c1c(F)cccc1Cl. The summed E-state index contributed by atoms with van der Waals surface area (Å²) in [6, 6.07) is 10.8. The average Bonchev–Trinajstić information content (AvgIpc) is 2.75. The molecule has 1 heterocycles. The van der Waals surface area contributed by atoms with Crippen LogP contribution in [0.3, 0.4) is 0 Å². The third-order valence-electron chi connectivity index (χ3n) is 5.71. The summed E-state index contributed by atoms with van der Waals surface area (Å²) in [6.45, 7) is 1.34. The lowest BCUT2D eigenvalue weighted by molar-refractivity contribution is -0.384. The number of carbonyl (C=O) groups excluding carboxylic acids is 1. The summed E-state index contributed by atoms with van der Waals surface area (Å²) in [6.07, 6.45) is 1.18. The van der Waals surface area contributed by atoms with Gasteiger partial charge in [-0.15, -0.1) is 0 Å². The summed E-state index contributed by atoms with van der Waals surface area (Å²) in [5, 5.41) is 14.5. The zero-order chi connectivity index (χ0) is 22.5. The first-order chi connectivity index (χ1) is 14.8. The van der Waals surface area contributed by atoms with E-state index in [1.165, 1.54) is 12.1 Å². The third-order valence-corrected chi connectivity index (χ3v) is 6.04. The molecule has 31 heavy (non-hydrogen) atoms. The lowest BCUT2D eigenvalue weighted by Gasteiger charge is -2.33. The van der Waals surface area contributed by atoms with Crippen LogP contribution in [0.1, 0.15) is 24.4 Å². The predicted molar refractivity (Wildman–Crippen MR) is 119 cm³/mol. The Morgan fingerprint density at radius 2 is 1.94 bits per heavy atom. The lowest BCUT2D eigenvalue weighted by Crippen LogP contribution is -2.43. The molecule has 1 amide bonds. The Morgan fingerprint density at radius 3 is 2.55 bits per heavy atom. The van der Waals surface area contributed by atoms with E-state index < -0.39 is 11.9 Å². The predicted octanol–water partition coefficient (Wildman–Crippen LogP) is 4.02. The highest BCUT2D eigenvalue weighted by Crippen LogP contribution is 2.32. The Balaban J connectivity index is 1.61. The minimum absolute atomic E-state index is 0.0704. The van der Waals surface area contributed by atoms with Crippen LogP contribution < -0.4 is 10.2 Å². The number of halogens is 2. The summed E-state index contributed by atoms with van der Waals surface area (Å²) >= 11 is 6.21.